The highest BCUT2D eigenvalue weighted by Gasteiger charge is 2.20. The second-order valence-corrected chi connectivity index (χ2v) is 5.74. The lowest BCUT2D eigenvalue weighted by atomic mass is 10.1. The molecule has 0 saturated carbocycles. The van der Waals surface area contributed by atoms with Gasteiger partial charge in [-0.2, -0.15) is 11.8 Å². The van der Waals surface area contributed by atoms with E-state index in [-0.39, 0.29) is 0 Å². The van der Waals surface area contributed by atoms with E-state index in [1.54, 1.807) is 0 Å². The van der Waals surface area contributed by atoms with E-state index < -0.39 is 0 Å². The standard InChI is InChI=1S/C11H22N2OS/c1-9(13-10-2-5-15-8-10)6-11-7-14-4-3-12-11/h9-13H,2-8H2,1H3. The smallest absolute Gasteiger partial charge is 0.0620 e. The van der Waals surface area contributed by atoms with Gasteiger partial charge in [0.05, 0.1) is 13.2 Å². The third-order valence-electron chi connectivity index (χ3n) is 3.09. The Kier molecular flexibility index (Phi) is 4.75. The molecule has 0 radical (unpaired) electrons. The van der Waals surface area contributed by atoms with E-state index in [2.05, 4.69) is 29.3 Å². The Bertz CT molecular complexity index is 179. The van der Waals surface area contributed by atoms with E-state index >= 15 is 0 Å². The fraction of sp³-hybridized carbons (Fsp3) is 1.00. The van der Waals surface area contributed by atoms with Crippen LogP contribution in [0.4, 0.5) is 0 Å². The Hall–Kier alpha value is 0.230. The molecule has 0 aliphatic carbocycles. The van der Waals surface area contributed by atoms with Crippen LogP contribution < -0.4 is 10.6 Å². The first-order valence-corrected chi connectivity index (χ1v) is 7.15. The maximum Gasteiger partial charge on any atom is 0.0620 e. The number of ether oxygens (including phenoxy) is 1. The Morgan fingerprint density at radius 2 is 2.53 bits per heavy atom. The van der Waals surface area contributed by atoms with Gasteiger partial charge in [0.1, 0.15) is 0 Å². The van der Waals surface area contributed by atoms with Crippen molar-refractivity contribution in [2.45, 2.75) is 37.9 Å². The van der Waals surface area contributed by atoms with Gasteiger partial charge in [-0.15, -0.1) is 0 Å². The molecule has 88 valence electrons. The molecule has 2 fully saturated rings. The van der Waals surface area contributed by atoms with Gasteiger partial charge >= 0.3 is 0 Å². The van der Waals surface area contributed by atoms with Crippen molar-refractivity contribution >= 4 is 11.8 Å². The van der Waals surface area contributed by atoms with Crippen LogP contribution in [0.2, 0.25) is 0 Å². The first kappa shape index (κ1) is 11.7. The van der Waals surface area contributed by atoms with Crippen LogP contribution in [0, 0.1) is 0 Å². The molecule has 2 aliphatic heterocycles. The third kappa shape index (κ3) is 3.94. The summed E-state index contributed by atoms with van der Waals surface area (Å²) in [6.07, 6.45) is 2.52. The Morgan fingerprint density at radius 1 is 1.60 bits per heavy atom. The van der Waals surface area contributed by atoms with Crippen molar-refractivity contribution in [1.82, 2.24) is 10.6 Å². The van der Waals surface area contributed by atoms with Crippen LogP contribution in [-0.4, -0.2) is 49.4 Å². The molecule has 2 saturated heterocycles. The van der Waals surface area contributed by atoms with Crippen LogP contribution in [0.25, 0.3) is 0 Å². The largest absolute Gasteiger partial charge is 0.379 e. The summed E-state index contributed by atoms with van der Waals surface area (Å²) in [6, 6.07) is 1.90. The number of hydrogen-bond acceptors (Lipinski definition) is 4. The zero-order valence-electron chi connectivity index (χ0n) is 9.50. The van der Waals surface area contributed by atoms with Gasteiger partial charge in [0, 0.05) is 30.4 Å². The topological polar surface area (TPSA) is 33.3 Å². The van der Waals surface area contributed by atoms with E-state index in [1.165, 1.54) is 24.3 Å². The predicted molar refractivity (Wildman–Crippen MR) is 65.6 cm³/mol. The lowest BCUT2D eigenvalue weighted by molar-refractivity contribution is 0.0709. The molecule has 3 atom stereocenters. The normalized spacial score (nSPS) is 34.2. The number of thioether (sulfide) groups is 1. The summed E-state index contributed by atoms with van der Waals surface area (Å²) < 4.78 is 5.46. The molecule has 3 nitrogen and oxygen atoms in total. The van der Waals surface area contributed by atoms with Crippen LogP contribution in [0.5, 0.6) is 0 Å². The van der Waals surface area contributed by atoms with Crippen LogP contribution in [0.15, 0.2) is 0 Å². The van der Waals surface area contributed by atoms with Gasteiger partial charge in [0.2, 0.25) is 0 Å². The fourth-order valence-electron chi connectivity index (χ4n) is 2.33. The zero-order chi connectivity index (χ0) is 10.5. The molecule has 0 spiro atoms. The number of morpholine rings is 1. The molecule has 0 bridgehead atoms. The first-order valence-electron chi connectivity index (χ1n) is 5.99. The quantitative estimate of drug-likeness (QED) is 0.750. The third-order valence-corrected chi connectivity index (χ3v) is 4.25. The molecule has 15 heavy (non-hydrogen) atoms. The summed E-state index contributed by atoms with van der Waals surface area (Å²) in [5.74, 6) is 2.62. The van der Waals surface area contributed by atoms with Gasteiger partial charge in [-0.1, -0.05) is 0 Å². The van der Waals surface area contributed by atoms with E-state index in [9.17, 15) is 0 Å². The maximum absolute atomic E-state index is 5.46. The van der Waals surface area contributed by atoms with Crippen molar-refractivity contribution < 1.29 is 4.74 Å². The molecule has 2 aliphatic rings. The van der Waals surface area contributed by atoms with Gasteiger partial charge in [0.25, 0.3) is 0 Å². The highest BCUT2D eigenvalue weighted by atomic mass is 32.2. The van der Waals surface area contributed by atoms with Crippen molar-refractivity contribution in [1.29, 1.82) is 0 Å². The SMILES string of the molecule is CC(CC1COCCN1)NC1CCSC1. The minimum atomic E-state index is 0.551. The second kappa shape index (κ2) is 6.09. The first-order chi connectivity index (χ1) is 7.34. The summed E-state index contributed by atoms with van der Waals surface area (Å²) in [4.78, 5) is 0. The predicted octanol–water partition coefficient (Wildman–Crippen LogP) is 0.849. The summed E-state index contributed by atoms with van der Waals surface area (Å²) in [5, 5.41) is 7.21. The van der Waals surface area contributed by atoms with Crippen LogP contribution >= 0.6 is 11.8 Å². The van der Waals surface area contributed by atoms with E-state index in [1.807, 2.05) is 0 Å². The fourth-order valence-corrected chi connectivity index (χ4v) is 3.50. The van der Waals surface area contributed by atoms with Crippen molar-refractivity contribution in [3.05, 3.63) is 0 Å². The Balaban J connectivity index is 1.64. The molecule has 0 aromatic rings. The summed E-state index contributed by atoms with van der Waals surface area (Å²) >= 11 is 2.07. The molecular formula is C11H22N2OS. The van der Waals surface area contributed by atoms with Crippen molar-refractivity contribution in [2.75, 3.05) is 31.3 Å². The molecule has 3 unspecified atom stereocenters. The second-order valence-electron chi connectivity index (χ2n) is 4.59. The zero-order valence-corrected chi connectivity index (χ0v) is 10.3. The van der Waals surface area contributed by atoms with Crippen LogP contribution in [0.1, 0.15) is 19.8 Å². The van der Waals surface area contributed by atoms with E-state index in [4.69, 9.17) is 4.74 Å². The summed E-state index contributed by atoms with van der Waals surface area (Å²) in [6.45, 7) is 5.05. The number of nitrogens with one attached hydrogen (secondary N) is 2. The Labute approximate surface area is 96.7 Å². The average molecular weight is 230 g/mol. The molecule has 0 aromatic heterocycles. The minimum absolute atomic E-state index is 0.551. The van der Waals surface area contributed by atoms with Crippen molar-refractivity contribution in [3.63, 3.8) is 0 Å². The molecular weight excluding hydrogens is 208 g/mol. The monoisotopic (exact) mass is 230 g/mol. The number of rotatable bonds is 4. The summed E-state index contributed by atoms with van der Waals surface area (Å²) in [7, 11) is 0. The van der Waals surface area contributed by atoms with Gasteiger partial charge in [-0.3, -0.25) is 0 Å². The van der Waals surface area contributed by atoms with E-state index in [0.717, 1.165) is 25.8 Å². The van der Waals surface area contributed by atoms with E-state index in [0.29, 0.717) is 12.1 Å². The molecule has 2 N–H and O–H groups in total. The molecule has 0 amide bonds. The molecule has 0 aromatic carbocycles. The average Bonchev–Trinajstić information content (AvgIpc) is 2.71. The molecule has 2 heterocycles. The maximum atomic E-state index is 5.46. The molecule has 2 rings (SSSR count). The lowest BCUT2D eigenvalue weighted by Gasteiger charge is -2.28. The van der Waals surface area contributed by atoms with Crippen molar-refractivity contribution in [2.24, 2.45) is 0 Å². The Morgan fingerprint density at radius 3 is 3.20 bits per heavy atom. The highest BCUT2D eigenvalue weighted by molar-refractivity contribution is 7.99. The highest BCUT2D eigenvalue weighted by Crippen LogP contribution is 2.18. The summed E-state index contributed by atoms with van der Waals surface area (Å²) in [5.41, 5.74) is 0. The van der Waals surface area contributed by atoms with Gasteiger partial charge in [0.15, 0.2) is 0 Å². The van der Waals surface area contributed by atoms with Gasteiger partial charge < -0.3 is 15.4 Å². The van der Waals surface area contributed by atoms with Crippen LogP contribution in [0.3, 0.4) is 0 Å². The van der Waals surface area contributed by atoms with Gasteiger partial charge in [-0.25, -0.2) is 0 Å². The minimum Gasteiger partial charge on any atom is -0.379 e. The molecule has 4 heteroatoms. The number of hydrogen-bond donors (Lipinski definition) is 2. The van der Waals surface area contributed by atoms with Crippen molar-refractivity contribution in [3.8, 4) is 0 Å². The lowest BCUT2D eigenvalue weighted by Crippen LogP contribution is -2.46. The van der Waals surface area contributed by atoms with Crippen LogP contribution in [-0.2, 0) is 4.74 Å². The van der Waals surface area contributed by atoms with Gasteiger partial charge in [-0.05, 0) is 25.5 Å².